The Kier molecular flexibility index (Phi) is 3.97. The molecule has 4 nitrogen and oxygen atoms in total. The number of halogens is 3. The summed E-state index contributed by atoms with van der Waals surface area (Å²) in [5.74, 6) is 0.409. The molecule has 106 valence electrons. The first-order chi connectivity index (χ1) is 10.0. The van der Waals surface area contributed by atoms with Crippen molar-refractivity contribution in [3.63, 3.8) is 0 Å². The highest BCUT2D eigenvalue weighted by Gasteiger charge is 2.15. The highest BCUT2D eigenvalue weighted by molar-refractivity contribution is 9.10. The summed E-state index contributed by atoms with van der Waals surface area (Å²) in [6.07, 6.45) is 1.81. The van der Waals surface area contributed by atoms with Gasteiger partial charge in [0.15, 0.2) is 5.82 Å². The SMILES string of the molecule is Cn1ccc(-c2nc(Cl)c(-c3ccc(Br)cc3)c(Cl)n2)n1. The quantitative estimate of drug-likeness (QED) is 0.606. The first-order valence-corrected chi connectivity index (χ1v) is 7.58. The maximum absolute atomic E-state index is 6.28. The molecule has 0 amide bonds. The Morgan fingerprint density at radius 2 is 1.62 bits per heavy atom. The average Bonchev–Trinajstić information content (AvgIpc) is 2.87. The van der Waals surface area contributed by atoms with Crippen LogP contribution in [-0.4, -0.2) is 19.7 Å². The molecule has 0 atom stereocenters. The minimum Gasteiger partial charge on any atom is -0.275 e. The summed E-state index contributed by atoms with van der Waals surface area (Å²) in [6, 6.07) is 9.44. The zero-order valence-electron chi connectivity index (χ0n) is 10.9. The minimum atomic E-state index is 0.304. The molecule has 0 fully saturated rings. The van der Waals surface area contributed by atoms with Crippen LogP contribution in [0, 0.1) is 0 Å². The van der Waals surface area contributed by atoms with E-state index in [0.29, 0.717) is 27.4 Å². The third kappa shape index (κ3) is 2.95. The van der Waals surface area contributed by atoms with Gasteiger partial charge in [0, 0.05) is 17.7 Å². The van der Waals surface area contributed by atoms with Gasteiger partial charge in [-0.3, -0.25) is 4.68 Å². The van der Waals surface area contributed by atoms with Gasteiger partial charge in [0.1, 0.15) is 16.0 Å². The van der Waals surface area contributed by atoms with E-state index in [0.717, 1.165) is 10.0 Å². The van der Waals surface area contributed by atoms with Crippen LogP contribution in [0.1, 0.15) is 0 Å². The number of hydrogen-bond acceptors (Lipinski definition) is 3. The summed E-state index contributed by atoms with van der Waals surface area (Å²) in [6.45, 7) is 0. The summed E-state index contributed by atoms with van der Waals surface area (Å²) >= 11 is 16.0. The molecule has 0 bridgehead atoms. The van der Waals surface area contributed by atoms with Gasteiger partial charge in [-0.2, -0.15) is 5.10 Å². The number of aryl methyl sites for hydroxylation is 1. The zero-order chi connectivity index (χ0) is 15.0. The Morgan fingerprint density at radius 1 is 1.00 bits per heavy atom. The first-order valence-electron chi connectivity index (χ1n) is 6.03. The van der Waals surface area contributed by atoms with Crippen LogP contribution in [0.25, 0.3) is 22.6 Å². The molecule has 0 N–H and O–H groups in total. The fourth-order valence-corrected chi connectivity index (χ4v) is 2.78. The van der Waals surface area contributed by atoms with E-state index in [-0.39, 0.29) is 0 Å². The highest BCUT2D eigenvalue weighted by Crippen LogP contribution is 2.34. The third-order valence-electron chi connectivity index (χ3n) is 2.90. The Labute approximate surface area is 139 Å². The van der Waals surface area contributed by atoms with Crippen molar-refractivity contribution in [3.8, 4) is 22.6 Å². The van der Waals surface area contributed by atoms with E-state index < -0.39 is 0 Å². The standard InChI is InChI=1S/C14H9BrCl2N4/c1-21-7-6-10(20-21)14-18-12(16)11(13(17)19-14)8-2-4-9(15)5-3-8/h2-7H,1H3. The molecule has 7 heteroatoms. The van der Waals surface area contributed by atoms with Crippen molar-refractivity contribution >= 4 is 39.1 Å². The largest absolute Gasteiger partial charge is 0.275 e. The lowest BCUT2D eigenvalue weighted by molar-refractivity contribution is 0.768. The first kappa shape index (κ1) is 14.5. The molecular formula is C14H9BrCl2N4. The molecule has 0 saturated heterocycles. The maximum atomic E-state index is 6.28. The summed E-state index contributed by atoms with van der Waals surface area (Å²) in [5.41, 5.74) is 2.11. The van der Waals surface area contributed by atoms with Gasteiger partial charge in [-0.05, 0) is 23.8 Å². The van der Waals surface area contributed by atoms with Gasteiger partial charge in [0.25, 0.3) is 0 Å². The molecule has 3 aromatic rings. The van der Waals surface area contributed by atoms with E-state index in [4.69, 9.17) is 23.2 Å². The summed E-state index contributed by atoms with van der Waals surface area (Å²) in [7, 11) is 1.82. The lowest BCUT2D eigenvalue weighted by Gasteiger charge is -2.07. The van der Waals surface area contributed by atoms with Crippen molar-refractivity contribution in [1.29, 1.82) is 0 Å². The van der Waals surface area contributed by atoms with E-state index in [2.05, 4.69) is 31.0 Å². The van der Waals surface area contributed by atoms with Crippen LogP contribution < -0.4 is 0 Å². The Balaban J connectivity index is 2.10. The van der Waals surface area contributed by atoms with E-state index in [1.54, 1.807) is 10.7 Å². The van der Waals surface area contributed by atoms with Gasteiger partial charge in [0.05, 0.1) is 5.56 Å². The molecular weight excluding hydrogens is 375 g/mol. The van der Waals surface area contributed by atoms with Crippen LogP contribution in [0.5, 0.6) is 0 Å². The smallest absolute Gasteiger partial charge is 0.182 e. The molecule has 3 rings (SSSR count). The molecule has 0 saturated carbocycles. The molecule has 0 radical (unpaired) electrons. The second-order valence-electron chi connectivity index (χ2n) is 4.39. The number of aromatic nitrogens is 4. The lowest BCUT2D eigenvalue weighted by Crippen LogP contribution is -1.96. The van der Waals surface area contributed by atoms with Gasteiger partial charge < -0.3 is 0 Å². The third-order valence-corrected chi connectivity index (χ3v) is 3.97. The minimum absolute atomic E-state index is 0.304. The van der Waals surface area contributed by atoms with Gasteiger partial charge in [-0.25, -0.2) is 9.97 Å². The number of nitrogens with zero attached hydrogens (tertiary/aromatic N) is 4. The van der Waals surface area contributed by atoms with Gasteiger partial charge >= 0.3 is 0 Å². The Morgan fingerprint density at radius 3 is 2.14 bits per heavy atom. The van der Waals surface area contributed by atoms with Crippen molar-refractivity contribution < 1.29 is 0 Å². The fourth-order valence-electron chi connectivity index (χ4n) is 1.91. The van der Waals surface area contributed by atoms with Gasteiger partial charge in [-0.15, -0.1) is 0 Å². The molecule has 0 spiro atoms. The molecule has 0 aliphatic rings. The fraction of sp³-hybridized carbons (Fsp3) is 0.0714. The van der Waals surface area contributed by atoms with Gasteiger partial charge in [-0.1, -0.05) is 51.3 Å². The maximum Gasteiger partial charge on any atom is 0.182 e. The number of hydrogen-bond donors (Lipinski definition) is 0. The van der Waals surface area contributed by atoms with E-state index in [9.17, 15) is 0 Å². The summed E-state index contributed by atoms with van der Waals surface area (Å²) < 4.78 is 2.65. The predicted octanol–water partition coefficient (Wildman–Crippen LogP) is 4.61. The average molecular weight is 384 g/mol. The monoisotopic (exact) mass is 382 g/mol. The van der Waals surface area contributed by atoms with Crippen LogP contribution in [0.15, 0.2) is 41.0 Å². The van der Waals surface area contributed by atoms with Crippen LogP contribution in [0.4, 0.5) is 0 Å². The molecule has 0 aliphatic carbocycles. The van der Waals surface area contributed by atoms with Crippen molar-refractivity contribution in [2.24, 2.45) is 7.05 Å². The van der Waals surface area contributed by atoms with Crippen LogP contribution in [-0.2, 0) is 7.05 Å². The van der Waals surface area contributed by atoms with Crippen molar-refractivity contribution in [2.75, 3.05) is 0 Å². The lowest BCUT2D eigenvalue weighted by atomic mass is 10.1. The topological polar surface area (TPSA) is 43.6 Å². The summed E-state index contributed by atoms with van der Waals surface area (Å²) in [4.78, 5) is 8.60. The van der Waals surface area contributed by atoms with E-state index >= 15 is 0 Å². The van der Waals surface area contributed by atoms with E-state index in [1.165, 1.54) is 0 Å². The normalized spacial score (nSPS) is 10.9. The Hall–Kier alpha value is -1.43. The van der Waals surface area contributed by atoms with Crippen molar-refractivity contribution in [2.45, 2.75) is 0 Å². The zero-order valence-corrected chi connectivity index (χ0v) is 14.0. The summed E-state index contributed by atoms with van der Waals surface area (Å²) in [5, 5.41) is 4.85. The highest BCUT2D eigenvalue weighted by atomic mass is 79.9. The molecule has 2 aromatic heterocycles. The van der Waals surface area contributed by atoms with Crippen LogP contribution in [0.3, 0.4) is 0 Å². The number of rotatable bonds is 2. The predicted molar refractivity (Wildman–Crippen MR) is 87.4 cm³/mol. The second-order valence-corrected chi connectivity index (χ2v) is 6.02. The van der Waals surface area contributed by atoms with Crippen molar-refractivity contribution in [1.82, 2.24) is 19.7 Å². The van der Waals surface area contributed by atoms with Gasteiger partial charge in [0.2, 0.25) is 0 Å². The second kappa shape index (κ2) is 5.75. The van der Waals surface area contributed by atoms with E-state index in [1.807, 2.05) is 37.5 Å². The molecule has 21 heavy (non-hydrogen) atoms. The van der Waals surface area contributed by atoms with Crippen molar-refractivity contribution in [3.05, 3.63) is 51.3 Å². The Bertz CT molecular complexity index is 776. The number of benzene rings is 1. The molecule has 2 heterocycles. The molecule has 1 aromatic carbocycles. The molecule has 0 unspecified atom stereocenters. The molecule has 0 aliphatic heterocycles. The van der Waals surface area contributed by atoms with Crippen LogP contribution in [0.2, 0.25) is 10.3 Å². The van der Waals surface area contributed by atoms with Crippen LogP contribution >= 0.6 is 39.1 Å².